The lowest BCUT2D eigenvalue weighted by Crippen LogP contribution is -1.91. The molecule has 6 nitrogen and oxygen atoms in total. The Morgan fingerprint density at radius 1 is 1.17 bits per heavy atom. The average molecular weight is 325 g/mol. The van der Waals surface area contributed by atoms with Gasteiger partial charge in [0, 0.05) is 6.07 Å². The summed E-state index contributed by atoms with van der Waals surface area (Å²) in [5.41, 5.74) is 0.974. The van der Waals surface area contributed by atoms with Crippen LogP contribution in [-0.4, -0.2) is 22.9 Å². The maximum atomic E-state index is 11.9. The lowest BCUT2D eigenvalue weighted by Gasteiger charge is -2.03. The highest BCUT2D eigenvalue weighted by atomic mass is 16.6. The van der Waals surface area contributed by atoms with Crippen LogP contribution in [-0.2, 0) is 4.79 Å². The monoisotopic (exact) mass is 325 g/mol. The number of nitro benzene ring substituents is 1. The summed E-state index contributed by atoms with van der Waals surface area (Å²) in [6.07, 6.45) is 5.56. The summed E-state index contributed by atoms with van der Waals surface area (Å²) in [6.45, 7) is 0. The molecule has 0 aliphatic heterocycles. The Morgan fingerprint density at radius 3 is 2.58 bits per heavy atom. The molecule has 0 spiro atoms. The van der Waals surface area contributed by atoms with Crippen LogP contribution in [0.5, 0.6) is 11.5 Å². The van der Waals surface area contributed by atoms with Gasteiger partial charge in [-0.25, -0.2) is 0 Å². The predicted molar refractivity (Wildman–Crippen MR) is 90.8 cm³/mol. The first-order chi connectivity index (χ1) is 11.5. The van der Waals surface area contributed by atoms with Gasteiger partial charge in [0.25, 0.3) is 5.69 Å². The summed E-state index contributed by atoms with van der Waals surface area (Å²) in [7, 11) is 1.43. The summed E-state index contributed by atoms with van der Waals surface area (Å²) in [4.78, 5) is 22.3. The number of allylic oxidation sites excluding steroid dienone is 2. The van der Waals surface area contributed by atoms with Crippen molar-refractivity contribution in [1.29, 1.82) is 0 Å². The molecule has 0 radical (unpaired) electrons. The maximum Gasteiger partial charge on any atom is 0.276 e. The van der Waals surface area contributed by atoms with E-state index in [4.69, 9.17) is 4.74 Å². The highest BCUT2D eigenvalue weighted by Gasteiger charge is 2.09. The number of carbonyl (C=O) groups excluding carboxylic acids is 1. The molecule has 0 saturated heterocycles. The standard InChI is InChI=1S/C18H15NO5/c1-24-18-12-13(7-11-17(18)21)6-9-15(20)10-8-14-4-2-3-5-16(14)19(22)23/h2-12,21H,1H3/b9-6+,10-8+. The number of nitro groups is 1. The number of phenolic OH excluding ortho intramolecular Hbond substituents is 1. The van der Waals surface area contributed by atoms with Crippen LogP contribution < -0.4 is 4.74 Å². The van der Waals surface area contributed by atoms with Gasteiger partial charge in [-0.05, 0) is 42.0 Å². The Kier molecular flexibility index (Phi) is 5.46. The van der Waals surface area contributed by atoms with Crippen molar-refractivity contribution in [3.8, 4) is 11.5 Å². The van der Waals surface area contributed by atoms with E-state index < -0.39 is 4.92 Å². The fourth-order valence-electron chi connectivity index (χ4n) is 2.00. The fourth-order valence-corrected chi connectivity index (χ4v) is 2.00. The Labute approximate surface area is 138 Å². The van der Waals surface area contributed by atoms with Crippen molar-refractivity contribution in [3.05, 3.63) is 75.9 Å². The van der Waals surface area contributed by atoms with Gasteiger partial charge in [-0.1, -0.05) is 24.3 Å². The molecule has 24 heavy (non-hydrogen) atoms. The van der Waals surface area contributed by atoms with E-state index in [-0.39, 0.29) is 17.2 Å². The highest BCUT2D eigenvalue weighted by molar-refractivity contribution is 6.04. The van der Waals surface area contributed by atoms with Crippen LogP contribution in [0.4, 0.5) is 5.69 Å². The minimum Gasteiger partial charge on any atom is -0.504 e. The smallest absolute Gasteiger partial charge is 0.276 e. The molecular weight excluding hydrogens is 310 g/mol. The number of hydrogen-bond donors (Lipinski definition) is 1. The second-order valence-corrected chi connectivity index (χ2v) is 4.82. The SMILES string of the molecule is COc1cc(/C=C/C(=O)/C=C/c2ccccc2[N+](=O)[O-])ccc1O. The molecule has 2 rings (SSSR count). The Hall–Kier alpha value is -3.41. The zero-order valence-electron chi connectivity index (χ0n) is 12.9. The summed E-state index contributed by atoms with van der Waals surface area (Å²) < 4.78 is 4.99. The van der Waals surface area contributed by atoms with Crippen molar-refractivity contribution < 1.29 is 19.6 Å². The molecule has 122 valence electrons. The van der Waals surface area contributed by atoms with Crippen molar-refractivity contribution >= 4 is 23.6 Å². The van der Waals surface area contributed by atoms with E-state index in [9.17, 15) is 20.0 Å². The molecule has 0 amide bonds. The van der Waals surface area contributed by atoms with Crippen LogP contribution in [0.3, 0.4) is 0 Å². The van der Waals surface area contributed by atoms with Gasteiger partial charge < -0.3 is 9.84 Å². The van der Waals surface area contributed by atoms with Crippen LogP contribution in [0, 0.1) is 10.1 Å². The third kappa shape index (κ3) is 4.30. The van der Waals surface area contributed by atoms with Crippen LogP contribution >= 0.6 is 0 Å². The molecule has 1 N–H and O–H groups in total. The molecule has 6 heteroatoms. The summed E-state index contributed by atoms with van der Waals surface area (Å²) in [6, 6.07) is 10.9. The van der Waals surface area contributed by atoms with Crippen LogP contribution in [0.25, 0.3) is 12.2 Å². The number of aromatic hydroxyl groups is 1. The topological polar surface area (TPSA) is 89.7 Å². The number of hydrogen-bond acceptors (Lipinski definition) is 5. The Balaban J connectivity index is 2.12. The summed E-state index contributed by atoms with van der Waals surface area (Å²) in [5.74, 6) is -0.00231. The number of methoxy groups -OCH3 is 1. The van der Waals surface area contributed by atoms with Crippen molar-refractivity contribution in [1.82, 2.24) is 0 Å². The van der Waals surface area contributed by atoms with Gasteiger partial charge in [0.05, 0.1) is 17.6 Å². The predicted octanol–water partition coefficient (Wildman–Crippen LogP) is 3.60. The van der Waals surface area contributed by atoms with Gasteiger partial charge in [0.2, 0.25) is 0 Å². The van der Waals surface area contributed by atoms with Crippen LogP contribution in [0.2, 0.25) is 0 Å². The molecule has 0 aliphatic carbocycles. The summed E-state index contributed by atoms with van der Waals surface area (Å²) >= 11 is 0. The van der Waals surface area contributed by atoms with Crippen molar-refractivity contribution in [3.63, 3.8) is 0 Å². The Morgan fingerprint density at radius 2 is 1.88 bits per heavy atom. The van der Waals surface area contributed by atoms with E-state index in [1.165, 1.54) is 37.5 Å². The van der Waals surface area contributed by atoms with Gasteiger partial charge in [-0.15, -0.1) is 0 Å². The van der Waals surface area contributed by atoms with E-state index in [1.54, 1.807) is 36.4 Å². The first-order valence-electron chi connectivity index (χ1n) is 7.02. The van der Waals surface area contributed by atoms with E-state index in [1.807, 2.05) is 0 Å². The fraction of sp³-hybridized carbons (Fsp3) is 0.0556. The van der Waals surface area contributed by atoms with Crippen LogP contribution in [0.15, 0.2) is 54.6 Å². The van der Waals surface area contributed by atoms with Gasteiger partial charge in [0.15, 0.2) is 17.3 Å². The van der Waals surface area contributed by atoms with Gasteiger partial charge in [0.1, 0.15) is 0 Å². The molecule has 0 atom stereocenters. The van der Waals surface area contributed by atoms with Gasteiger partial charge >= 0.3 is 0 Å². The minimum absolute atomic E-state index is 0.0114. The first-order valence-corrected chi connectivity index (χ1v) is 7.02. The third-order valence-corrected chi connectivity index (χ3v) is 3.20. The molecule has 0 aromatic heterocycles. The summed E-state index contributed by atoms with van der Waals surface area (Å²) in [5, 5.41) is 20.4. The Bertz CT molecular complexity index is 824. The molecule has 0 saturated carbocycles. The number of carbonyl (C=O) groups is 1. The lowest BCUT2D eigenvalue weighted by molar-refractivity contribution is -0.385. The van der Waals surface area contributed by atoms with E-state index in [2.05, 4.69) is 0 Å². The van der Waals surface area contributed by atoms with Crippen molar-refractivity contribution in [2.24, 2.45) is 0 Å². The first kappa shape index (κ1) is 17.0. The normalized spacial score (nSPS) is 11.0. The number of benzene rings is 2. The van der Waals surface area contributed by atoms with Crippen molar-refractivity contribution in [2.75, 3.05) is 7.11 Å². The molecule has 0 bridgehead atoms. The average Bonchev–Trinajstić information content (AvgIpc) is 2.59. The second-order valence-electron chi connectivity index (χ2n) is 4.82. The number of phenols is 1. The number of rotatable bonds is 6. The lowest BCUT2D eigenvalue weighted by atomic mass is 10.1. The number of ketones is 1. The van der Waals surface area contributed by atoms with E-state index in [0.29, 0.717) is 16.9 Å². The van der Waals surface area contributed by atoms with Crippen molar-refractivity contribution in [2.45, 2.75) is 0 Å². The van der Waals surface area contributed by atoms with Crippen LogP contribution in [0.1, 0.15) is 11.1 Å². The molecule has 2 aromatic rings. The minimum atomic E-state index is -0.497. The molecule has 0 heterocycles. The number of para-hydroxylation sites is 1. The molecule has 0 unspecified atom stereocenters. The quantitative estimate of drug-likeness (QED) is 0.498. The molecule has 0 fully saturated rings. The zero-order valence-corrected chi connectivity index (χ0v) is 12.9. The number of nitrogens with zero attached hydrogens (tertiary/aromatic N) is 1. The van der Waals surface area contributed by atoms with E-state index in [0.717, 1.165) is 0 Å². The van der Waals surface area contributed by atoms with Gasteiger partial charge in [-0.3, -0.25) is 14.9 Å². The largest absolute Gasteiger partial charge is 0.504 e. The zero-order chi connectivity index (χ0) is 17.5. The number of ether oxygens (including phenoxy) is 1. The maximum absolute atomic E-state index is 11.9. The molecule has 2 aromatic carbocycles. The second kappa shape index (κ2) is 7.73. The van der Waals surface area contributed by atoms with E-state index >= 15 is 0 Å². The highest BCUT2D eigenvalue weighted by Crippen LogP contribution is 2.26. The third-order valence-electron chi connectivity index (χ3n) is 3.20. The molecule has 0 aliphatic rings. The van der Waals surface area contributed by atoms with Gasteiger partial charge in [-0.2, -0.15) is 0 Å². The molecular formula is C18H15NO5.